The smallest absolute Gasteiger partial charge is 0.360 e. The maximum Gasteiger partial charge on any atom is 0.360 e. The number of methoxy groups -OCH3 is 1. The number of thiocarbonyl (C=S) groups is 1. The lowest BCUT2D eigenvalue weighted by Crippen LogP contribution is -2.10. The van der Waals surface area contributed by atoms with Crippen molar-refractivity contribution in [2.24, 2.45) is 0 Å². The maximum absolute atomic E-state index is 11.6. The monoisotopic (exact) mass is 275 g/mol. The van der Waals surface area contributed by atoms with Gasteiger partial charge < -0.3 is 9.26 Å². The summed E-state index contributed by atoms with van der Waals surface area (Å²) in [6.07, 6.45) is 2.23. The van der Waals surface area contributed by atoms with Crippen molar-refractivity contribution in [2.75, 3.05) is 7.11 Å². The highest BCUT2D eigenvalue weighted by Crippen LogP contribution is 2.19. The van der Waals surface area contributed by atoms with E-state index in [9.17, 15) is 4.79 Å². The number of ether oxygens (including phenoxy) is 1. The van der Waals surface area contributed by atoms with Gasteiger partial charge in [-0.2, -0.15) is 0 Å². The van der Waals surface area contributed by atoms with Crippen molar-refractivity contribution in [1.29, 1.82) is 0 Å². The van der Waals surface area contributed by atoms with E-state index < -0.39 is 5.97 Å². The van der Waals surface area contributed by atoms with Gasteiger partial charge in [-0.15, -0.1) is 0 Å². The second-order valence-electron chi connectivity index (χ2n) is 3.91. The van der Waals surface area contributed by atoms with E-state index in [4.69, 9.17) is 16.7 Å². The first-order chi connectivity index (χ1) is 9.19. The van der Waals surface area contributed by atoms with Crippen LogP contribution < -0.4 is 0 Å². The fourth-order valence-electron chi connectivity index (χ4n) is 1.84. The lowest BCUT2D eigenvalue weighted by molar-refractivity contribution is 0.0589. The summed E-state index contributed by atoms with van der Waals surface area (Å²) in [6.45, 7) is 2.05. The number of aromatic nitrogens is 1. The third-order valence-electron chi connectivity index (χ3n) is 2.84. The Bertz CT molecular complexity index is 619. The fourth-order valence-corrected chi connectivity index (χ4v) is 2.18. The van der Waals surface area contributed by atoms with Crippen LogP contribution in [-0.4, -0.2) is 23.1 Å². The topological polar surface area (TPSA) is 52.3 Å². The molecule has 0 atom stereocenters. The summed E-state index contributed by atoms with van der Waals surface area (Å²) in [6, 6.07) is 7.80. The summed E-state index contributed by atoms with van der Waals surface area (Å²) >= 11 is 5.44. The summed E-state index contributed by atoms with van der Waals surface area (Å²) in [4.78, 5) is 12.1. The van der Waals surface area contributed by atoms with Crippen LogP contribution in [0.15, 0.2) is 35.1 Å². The van der Waals surface area contributed by atoms with Crippen molar-refractivity contribution in [2.45, 2.75) is 13.3 Å². The van der Waals surface area contributed by atoms with Crippen molar-refractivity contribution in [3.05, 3.63) is 52.9 Å². The molecule has 19 heavy (non-hydrogen) atoms. The number of hydrogen-bond donors (Lipinski definition) is 0. The number of carbonyl (C=O) groups is 1. The third-order valence-corrected chi connectivity index (χ3v) is 3.28. The molecule has 1 heterocycles. The molecule has 0 radical (unpaired) electrons. The molecule has 0 unspecified atom stereocenters. The van der Waals surface area contributed by atoms with Gasteiger partial charge in [0.1, 0.15) is 6.26 Å². The molecule has 0 aliphatic rings. The van der Waals surface area contributed by atoms with Gasteiger partial charge in [0.15, 0.2) is 5.69 Å². The molecular weight excluding hydrogens is 262 g/mol. The lowest BCUT2D eigenvalue weighted by atomic mass is 9.98. The molecule has 5 heteroatoms. The van der Waals surface area contributed by atoms with Crippen LogP contribution in [0.25, 0.3) is 0 Å². The number of esters is 1. The highest BCUT2D eigenvalue weighted by molar-refractivity contribution is 7.81. The molecule has 0 amide bonds. The minimum Gasteiger partial charge on any atom is -0.464 e. The van der Waals surface area contributed by atoms with Gasteiger partial charge in [0.2, 0.25) is 0 Å². The number of aryl methyl sites for hydroxylation is 1. The molecule has 4 nitrogen and oxygen atoms in total. The first-order valence-corrected chi connectivity index (χ1v) is 6.25. The standard InChI is InChI=1S/C14H13NO3S/c1-3-9-6-4-5-7-10(9)13(19)11-8-18-15-12(11)14(16)17-2/h4-8H,3H2,1-2H3. The first-order valence-electron chi connectivity index (χ1n) is 5.84. The van der Waals surface area contributed by atoms with E-state index in [1.165, 1.54) is 13.4 Å². The van der Waals surface area contributed by atoms with Gasteiger partial charge in [0, 0.05) is 0 Å². The van der Waals surface area contributed by atoms with Crippen LogP contribution in [0.3, 0.4) is 0 Å². The van der Waals surface area contributed by atoms with Gasteiger partial charge in [-0.05, 0) is 17.5 Å². The number of rotatable bonds is 4. The summed E-state index contributed by atoms with van der Waals surface area (Å²) < 4.78 is 9.50. The SMILES string of the molecule is CCc1ccccc1C(=S)c1conc1C(=O)OC. The van der Waals surface area contributed by atoms with Gasteiger partial charge in [-0.1, -0.05) is 48.6 Å². The first kappa shape index (κ1) is 13.4. The Morgan fingerprint density at radius 2 is 2.11 bits per heavy atom. The predicted octanol–water partition coefficient (Wildman–Crippen LogP) is 2.79. The zero-order valence-corrected chi connectivity index (χ0v) is 11.5. The molecule has 2 aromatic rings. The Morgan fingerprint density at radius 1 is 1.37 bits per heavy atom. The molecule has 0 aliphatic heterocycles. The van der Waals surface area contributed by atoms with Crippen LogP contribution >= 0.6 is 12.2 Å². The average molecular weight is 275 g/mol. The molecule has 98 valence electrons. The Balaban J connectivity index is 2.45. The molecule has 1 aromatic carbocycles. The van der Waals surface area contributed by atoms with E-state index in [1.807, 2.05) is 24.3 Å². The van der Waals surface area contributed by atoms with Crippen LogP contribution in [0, 0.1) is 0 Å². The van der Waals surface area contributed by atoms with Crippen LogP contribution in [0.5, 0.6) is 0 Å². The van der Waals surface area contributed by atoms with Gasteiger partial charge in [-0.3, -0.25) is 0 Å². The van der Waals surface area contributed by atoms with Crippen molar-refractivity contribution in [1.82, 2.24) is 5.16 Å². The number of carbonyl (C=O) groups excluding carboxylic acids is 1. The van der Waals surface area contributed by atoms with E-state index in [2.05, 4.69) is 16.8 Å². The van der Waals surface area contributed by atoms with E-state index in [0.717, 1.165) is 17.5 Å². The molecule has 0 saturated carbocycles. The van der Waals surface area contributed by atoms with Crippen molar-refractivity contribution in [3.8, 4) is 0 Å². The molecule has 0 spiro atoms. The normalized spacial score (nSPS) is 10.2. The Kier molecular flexibility index (Phi) is 4.06. The molecule has 0 aliphatic carbocycles. The van der Waals surface area contributed by atoms with Crippen LogP contribution in [0.2, 0.25) is 0 Å². The van der Waals surface area contributed by atoms with Gasteiger partial charge in [-0.25, -0.2) is 4.79 Å². The molecule has 0 bridgehead atoms. The highest BCUT2D eigenvalue weighted by atomic mass is 32.1. The van der Waals surface area contributed by atoms with Crippen LogP contribution in [0.4, 0.5) is 0 Å². The quantitative estimate of drug-likeness (QED) is 0.488. The summed E-state index contributed by atoms with van der Waals surface area (Å²) in [5.41, 5.74) is 2.62. The maximum atomic E-state index is 11.6. The third kappa shape index (κ3) is 2.56. The Labute approximate surface area is 116 Å². The molecule has 2 rings (SSSR count). The zero-order chi connectivity index (χ0) is 13.8. The van der Waals surface area contributed by atoms with Crippen molar-refractivity contribution in [3.63, 3.8) is 0 Å². The molecule has 0 N–H and O–H groups in total. The molecule has 0 saturated heterocycles. The number of benzene rings is 1. The van der Waals surface area contributed by atoms with E-state index in [-0.39, 0.29) is 5.69 Å². The largest absolute Gasteiger partial charge is 0.464 e. The van der Waals surface area contributed by atoms with E-state index in [1.54, 1.807) is 0 Å². The van der Waals surface area contributed by atoms with E-state index in [0.29, 0.717) is 10.4 Å². The number of hydrogen-bond acceptors (Lipinski definition) is 5. The number of nitrogens with zero attached hydrogens (tertiary/aromatic N) is 1. The summed E-state index contributed by atoms with van der Waals surface area (Å²) in [5, 5.41) is 3.65. The van der Waals surface area contributed by atoms with E-state index >= 15 is 0 Å². The minimum absolute atomic E-state index is 0.110. The average Bonchev–Trinajstić information content (AvgIpc) is 2.95. The second kappa shape index (κ2) is 5.75. The van der Waals surface area contributed by atoms with Crippen LogP contribution in [-0.2, 0) is 11.2 Å². The molecule has 0 fully saturated rings. The fraction of sp³-hybridized carbons (Fsp3) is 0.214. The molecule has 1 aromatic heterocycles. The predicted molar refractivity (Wildman–Crippen MR) is 74.5 cm³/mol. The lowest BCUT2D eigenvalue weighted by Gasteiger charge is -2.08. The zero-order valence-electron chi connectivity index (χ0n) is 10.7. The minimum atomic E-state index is -0.555. The summed E-state index contributed by atoms with van der Waals surface area (Å²) in [5.74, 6) is -0.555. The van der Waals surface area contributed by atoms with Gasteiger partial charge in [0.25, 0.3) is 0 Å². The van der Waals surface area contributed by atoms with Crippen LogP contribution in [0.1, 0.15) is 34.1 Å². The van der Waals surface area contributed by atoms with Gasteiger partial charge in [0.05, 0.1) is 17.5 Å². The Morgan fingerprint density at radius 3 is 2.79 bits per heavy atom. The van der Waals surface area contributed by atoms with Crippen molar-refractivity contribution < 1.29 is 14.1 Å². The second-order valence-corrected chi connectivity index (χ2v) is 4.32. The highest BCUT2D eigenvalue weighted by Gasteiger charge is 2.21. The van der Waals surface area contributed by atoms with Crippen molar-refractivity contribution >= 4 is 23.1 Å². The Hall–Kier alpha value is -2.01. The molecular formula is C14H13NO3S. The summed E-state index contributed by atoms with van der Waals surface area (Å²) in [7, 11) is 1.30. The van der Waals surface area contributed by atoms with Gasteiger partial charge >= 0.3 is 5.97 Å².